The summed E-state index contributed by atoms with van der Waals surface area (Å²) in [5.41, 5.74) is 0.0136. The molecule has 0 saturated heterocycles. The number of hydrogen-bond acceptors (Lipinski definition) is 4. The number of aryl methyl sites for hydroxylation is 1. The van der Waals surface area contributed by atoms with Crippen LogP contribution in [-0.4, -0.2) is 35.6 Å². The SMILES string of the molecule is COC(=O)c1cc(OCC(F)(F)F)nn1C. The van der Waals surface area contributed by atoms with Gasteiger partial charge in [-0.05, 0) is 0 Å². The van der Waals surface area contributed by atoms with E-state index in [0.717, 1.165) is 17.9 Å². The summed E-state index contributed by atoms with van der Waals surface area (Å²) >= 11 is 0. The van der Waals surface area contributed by atoms with Crippen LogP contribution >= 0.6 is 0 Å². The van der Waals surface area contributed by atoms with Gasteiger partial charge in [-0.15, -0.1) is 5.10 Å². The molecule has 0 amide bonds. The van der Waals surface area contributed by atoms with Crippen LogP contribution in [-0.2, 0) is 11.8 Å². The second kappa shape index (κ2) is 4.42. The summed E-state index contributed by atoms with van der Waals surface area (Å²) in [6.07, 6.45) is -4.44. The van der Waals surface area contributed by atoms with Gasteiger partial charge in [-0.2, -0.15) is 13.2 Å². The fourth-order valence-electron chi connectivity index (χ4n) is 0.963. The van der Waals surface area contributed by atoms with Gasteiger partial charge in [0.2, 0.25) is 5.88 Å². The molecule has 0 aliphatic rings. The van der Waals surface area contributed by atoms with Gasteiger partial charge in [-0.3, -0.25) is 4.68 Å². The molecule has 0 unspecified atom stereocenters. The van der Waals surface area contributed by atoms with E-state index >= 15 is 0 Å². The molecular weight excluding hydrogens is 229 g/mol. The van der Waals surface area contributed by atoms with Gasteiger partial charge in [0, 0.05) is 13.1 Å². The third-order valence-electron chi connectivity index (χ3n) is 1.64. The van der Waals surface area contributed by atoms with Gasteiger partial charge in [0.1, 0.15) is 5.69 Å². The molecule has 0 aliphatic carbocycles. The number of halogens is 3. The van der Waals surface area contributed by atoms with Crippen molar-refractivity contribution in [2.75, 3.05) is 13.7 Å². The lowest BCUT2D eigenvalue weighted by Gasteiger charge is -2.05. The normalized spacial score (nSPS) is 11.3. The van der Waals surface area contributed by atoms with Crippen molar-refractivity contribution in [1.82, 2.24) is 9.78 Å². The number of carbonyl (C=O) groups is 1. The highest BCUT2D eigenvalue weighted by Crippen LogP contribution is 2.18. The lowest BCUT2D eigenvalue weighted by molar-refractivity contribution is -0.154. The van der Waals surface area contributed by atoms with Gasteiger partial charge in [-0.25, -0.2) is 4.79 Å². The molecule has 8 heteroatoms. The molecule has 0 saturated carbocycles. The predicted molar refractivity (Wildman–Crippen MR) is 46.1 cm³/mol. The number of alkyl halides is 3. The maximum atomic E-state index is 11.8. The van der Waals surface area contributed by atoms with E-state index in [9.17, 15) is 18.0 Å². The zero-order valence-electron chi connectivity index (χ0n) is 8.54. The maximum absolute atomic E-state index is 11.8. The Balaban J connectivity index is 2.74. The minimum Gasteiger partial charge on any atom is -0.467 e. The van der Waals surface area contributed by atoms with E-state index in [1.165, 1.54) is 7.05 Å². The van der Waals surface area contributed by atoms with E-state index < -0.39 is 18.8 Å². The average Bonchev–Trinajstić information content (AvgIpc) is 2.55. The van der Waals surface area contributed by atoms with Crippen molar-refractivity contribution >= 4 is 5.97 Å². The van der Waals surface area contributed by atoms with Crippen molar-refractivity contribution in [2.24, 2.45) is 7.05 Å². The third-order valence-corrected chi connectivity index (χ3v) is 1.64. The minimum absolute atomic E-state index is 0.0136. The Hall–Kier alpha value is -1.73. The highest BCUT2D eigenvalue weighted by molar-refractivity contribution is 5.87. The first-order valence-corrected chi connectivity index (χ1v) is 4.15. The number of rotatable bonds is 3. The summed E-state index contributed by atoms with van der Waals surface area (Å²) < 4.78 is 45.3. The second-order valence-electron chi connectivity index (χ2n) is 2.89. The Labute approximate surface area is 88.7 Å². The first kappa shape index (κ1) is 12.3. The number of nitrogens with zero attached hydrogens (tertiary/aromatic N) is 2. The topological polar surface area (TPSA) is 53.4 Å². The molecule has 0 aliphatic heterocycles. The van der Waals surface area contributed by atoms with Crippen LogP contribution in [0.4, 0.5) is 13.2 Å². The molecule has 5 nitrogen and oxygen atoms in total. The van der Waals surface area contributed by atoms with Crippen LogP contribution in [0.1, 0.15) is 10.5 Å². The molecule has 16 heavy (non-hydrogen) atoms. The van der Waals surface area contributed by atoms with E-state index in [2.05, 4.69) is 14.6 Å². The molecule has 1 aromatic heterocycles. The minimum atomic E-state index is -4.44. The fraction of sp³-hybridized carbons (Fsp3) is 0.500. The number of hydrogen-bond donors (Lipinski definition) is 0. The summed E-state index contributed by atoms with van der Waals surface area (Å²) in [5.74, 6) is -0.975. The smallest absolute Gasteiger partial charge is 0.422 e. The summed E-state index contributed by atoms with van der Waals surface area (Å²) in [6.45, 7) is -1.45. The van der Waals surface area contributed by atoms with Crippen LogP contribution in [0, 0.1) is 0 Å². The number of methoxy groups -OCH3 is 1. The van der Waals surface area contributed by atoms with Crippen LogP contribution in [0.2, 0.25) is 0 Å². The van der Waals surface area contributed by atoms with Crippen molar-refractivity contribution in [2.45, 2.75) is 6.18 Å². The predicted octanol–water partition coefficient (Wildman–Crippen LogP) is 1.15. The Kier molecular flexibility index (Phi) is 3.41. The second-order valence-corrected chi connectivity index (χ2v) is 2.89. The standard InChI is InChI=1S/C8H9F3N2O3/c1-13-5(7(14)15-2)3-6(12-13)16-4-8(9,10)11/h3H,4H2,1-2H3. The summed E-state index contributed by atoms with van der Waals surface area (Å²) in [5, 5.41) is 3.58. The number of esters is 1. The van der Waals surface area contributed by atoms with Crippen LogP contribution in [0.15, 0.2) is 6.07 Å². The van der Waals surface area contributed by atoms with Gasteiger partial charge in [-0.1, -0.05) is 0 Å². The molecule has 0 fully saturated rings. The zero-order valence-corrected chi connectivity index (χ0v) is 8.54. The van der Waals surface area contributed by atoms with Crippen molar-refractivity contribution < 1.29 is 27.4 Å². The van der Waals surface area contributed by atoms with Gasteiger partial charge < -0.3 is 9.47 Å². The molecule has 1 aromatic rings. The zero-order chi connectivity index (χ0) is 12.3. The maximum Gasteiger partial charge on any atom is 0.422 e. The molecule has 0 spiro atoms. The molecular formula is C8H9F3N2O3. The fourth-order valence-corrected chi connectivity index (χ4v) is 0.963. The molecule has 0 radical (unpaired) electrons. The van der Waals surface area contributed by atoms with Crippen LogP contribution in [0.5, 0.6) is 5.88 Å². The first-order valence-electron chi connectivity index (χ1n) is 4.15. The van der Waals surface area contributed by atoms with E-state index in [4.69, 9.17) is 0 Å². The first-order chi connectivity index (χ1) is 7.33. The largest absolute Gasteiger partial charge is 0.467 e. The number of carbonyl (C=O) groups excluding carboxylic acids is 1. The lowest BCUT2D eigenvalue weighted by atomic mass is 10.4. The van der Waals surface area contributed by atoms with E-state index in [1.54, 1.807) is 0 Å². The van der Waals surface area contributed by atoms with Crippen LogP contribution < -0.4 is 4.74 Å². The Morgan fingerprint density at radius 2 is 2.19 bits per heavy atom. The van der Waals surface area contributed by atoms with Crippen LogP contribution in [0.25, 0.3) is 0 Å². The molecule has 1 rings (SSSR count). The molecule has 0 atom stereocenters. The van der Waals surface area contributed by atoms with Gasteiger partial charge >= 0.3 is 12.1 Å². The lowest BCUT2D eigenvalue weighted by Crippen LogP contribution is -2.19. The number of ether oxygens (including phenoxy) is 2. The van der Waals surface area contributed by atoms with E-state index in [-0.39, 0.29) is 11.6 Å². The Morgan fingerprint density at radius 3 is 2.69 bits per heavy atom. The molecule has 0 N–H and O–H groups in total. The van der Waals surface area contributed by atoms with Crippen LogP contribution in [0.3, 0.4) is 0 Å². The van der Waals surface area contributed by atoms with E-state index in [1.807, 2.05) is 0 Å². The molecule has 0 bridgehead atoms. The third kappa shape index (κ3) is 3.14. The van der Waals surface area contributed by atoms with Crippen molar-refractivity contribution in [3.63, 3.8) is 0 Å². The highest BCUT2D eigenvalue weighted by atomic mass is 19.4. The van der Waals surface area contributed by atoms with Crippen molar-refractivity contribution in [3.05, 3.63) is 11.8 Å². The quantitative estimate of drug-likeness (QED) is 0.741. The number of aromatic nitrogens is 2. The summed E-state index contributed by atoms with van der Waals surface area (Å²) in [4.78, 5) is 11.1. The van der Waals surface area contributed by atoms with Crippen molar-refractivity contribution in [1.29, 1.82) is 0 Å². The monoisotopic (exact) mass is 238 g/mol. The molecule has 0 aromatic carbocycles. The van der Waals surface area contributed by atoms with Gasteiger partial charge in [0.05, 0.1) is 7.11 Å². The molecule has 1 heterocycles. The van der Waals surface area contributed by atoms with Crippen molar-refractivity contribution in [3.8, 4) is 5.88 Å². The summed E-state index contributed by atoms with van der Waals surface area (Å²) in [6, 6.07) is 1.08. The Bertz CT molecular complexity index is 386. The molecule has 90 valence electrons. The average molecular weight is 238 g/mol. The van der Waals surface area contributed by atoms with Gasteiger partial charge in [0.15, 0.2) is 6.61 Å². The summed E-state index contributed by atoms with van der Waals surface area (Å²) in [7, 11) is 2.55. The van der Waals surface area contributed by atoms with E-state index in [0.29, 0.717) is 0 Å². The highest BCUT2D eigenvalue weighted by Gasteiger charge is 2.29. The van der Waals surface area contributed by atoms with Gasteiger partial charge in [0.25, 0.3) is 0 Å². The Morgan fingerprint density at radius 1 is 1.56 bits per heavy atom.